The molecule has 8 nitrogen and oxygen atoms in total. The lowest BCUT2D eigenvalue weighted by atomic mass is 9.98. The van der Waals surface area contributed by atoms with E-state index in [0.717, 1.165) is 0 Å². The summed E-state index contributed by atoms with van der Waals surface area (Å²) < 4.78 is 26.5. The van der Waals surface area contributed by atoms with Gasteiger partial charge in [0, 0.05) is 23.9 Å². The van der Waals surface area contributed by atoms with Gasteiger partial charge in [0.25, 0.3) is 10.0 Å². The zero-order valence-corrected chi connectivity index (χ0v) is 15.8. The summed E-state index contributed by atoms with van der Waals surface area (Å²) in [7, 11) is -3.61. The summed E-state index contributed by atoms with van der Waals surface area (Å²) in [5, 5.41) is 11.5. The predicted molar refractivity (Wildman–Crippen MR) is 96.5 cm³/mol. The van der Waals surface area contributed by atoms with Gasteiger partial charge in [-0.05, 0) is 39.3 Å². The number of aliphatic imine (C=N–C) groups is 1. The number of hydrogen-bond acceptors (Lipinski definition) is 5. The Morgan fingerprint density at radius 3 is 2.62 bits per heavy atom. The Labute approximate surface area is 152 Å². The molecule has 0 spiro atoms. The zero-order valence-electron chi connectivity index (χ0n) is 14.9. The number of nitrogens with one attached hydrogen (secondary N) is 2. The Balaban J connectivity index is 2.03. The fraction of sp³-hybridized carbons (Fsp3) is 0.471. The number of carbonyl (C=O) groups excluding carboxylic acids is 1. The van der Waals surface area contributed by atoms with Gasteiger partial charge < -0.3 is 10.4 Å². The molecule has 1 heterocycles. The maximum Gasteiger partial charge on any atom is 0.303 e. The van der Waals surface area contributed by atoms with Crippen molar-refractivity contribution in [3.8, 4) is 0 Å². The Morgan fingerprint density at radius 1 is 1.31 bits per heavy atom. The van der Waals surface area contributed by atoms with Crippen LogP contribution in [-0.2, 0) is 19.6 Å². The van der Waals surface area contributed by atoms with Gasteiger partial charge in [-0.3, -0.25) is 19.3 Å². The van der Waals surface area contributed by atoms with Crippen molar-refractivity contribution in [2.24, 2.45) is 4.99 Å². The lowest BCUT2D eigenvalue weighted by Crippen LogP contribution is -2.44. The van der Waals surface area contributed by atoms with Crippen molar-refractivity contribution in [1.82, 2.24) is 10.0 Å². The molecular formula is C17H23N3O5S. The van der Waals surface area contributed by atoms with Crippen molar-refractivity contribution in [3.63, 3.8) is 0 Å². The van der Waals surface area contributed by atoms with E-state index < -0.39 is 27.6 Å². The highest BCUT2D eigenvalue weighted by Gasteiger charge is 2.31. The van der Waals surface area contributed by atoms with Gasteiger partial charge in [-0.25, -0.2) is 8.42 Å². The largest absolute Gasteiger partial charge is 0.481 e. The van der Waals surface area contributed by atoms with Gasteiger partial charge in [0.1, 0.15) is 5.84 Å². The number of carbonyl (C=O) groups is 2. The van der Waals surface area contributed by atoms with Crippen LogP contribution in [0.3, 0.4) is 0 Å². The molecule has 1 atom stereocenters. The van der Waals surface area contributed by atoms with Crippen LogP contribution in [-0.4, -0.2) is 42.8 Å². The van der Waals surface area contributed by atoms with E-state index in [4.69, 9.17) is 5.11 Å². The van der Waals surface area contributed by atoms with Crippen LogP contribution >= 0.6 is 0 Å². The third-order valence-electron chi connectivity index (χ3n) is 3.93. The molecule has 9 heteroatoms. The second-order valence-corrected chi connectivity index (χ2v) is 8.61. The van der Waals surface area contributed by atoms with Gasteiger partial charge in [-0.1, -0.05) is 12.1 Å². The molecule has 0 bridgehead atoms. The van der Waals surface area contributed by atoms with E-state index in [1.54, 1.807) is 39.0 Å². The minimum absolute atomic E-state index is 0.0380. The molecule has 1 aliphatic rings. The number of hydrogen-bond donors (Lipinski definition) is 3. The molecule has 1 aromatic carbocycles. The van der Waals surface area contributed by atoms with Crippen molar-refractivity contribution in [1.29, 1.82) is 0 Å². The summed E-state index contributed by atoms with van der Waals surface area (Å²) in [4.78, 5) is 27.4. The van der Waals surface area contributed by atoms with Crippen molar-refractivity contribution >= 4 is 27.7 Å². The van der Waals surface area contributed by atoms with E-state index in [1.165, 1.54) is 6.07 Å². The van der Waals surface area contributed by atoms with E-state index in [-0.39, 0.29) is 29.5 Å². The Kier molecular flexibility index (Phi) is 5.70. The number of carboxylic acid groups (broad SMARTS) is 1. The first-order chi connectivity index (χ1) is 12.0. The molecule has 0 radical (unpaired) electrons. The number of rotatable bonds is 7. The molecule has 2 rings (SSSR count). The number of amides is 1. The normalized spacial score (nSPS) is 18.0. The Bertz CT molecular complexity index is 846. The van der Waals surface area contributed by atoms with Crippen LogP contribution in [0.2, 0.25) is 0 Å². The maximum absolute atomic E-state index is 12.2. The smallest absolute Gasteiger partial charge is 0.303 e. The van der Waals surface area contributed by atoms with Crippen LogP contribution in [0.4, 0.5) is 0 Å². The molecule has 3 N–H and O–H groups in total. The van der Waals surface area contributed by atoms with Gasteiger partial charge in [-0.15, -0.1) is 0 Å². The average Bonchev–Trinajstić information content (AvgIpc) is 2.76. The number of fused-ring (bicyclic) bond motifs is 1. The molecule has 0 aliphatic carbocycles. The van der Waals surface area contributed by atoms with E-state index in [1.807, 2.05) is 0 Å². The molecule has 0 saturated heterocycles. The summed E-state index contributed by atoms with van der Waals surface area (Å²) in [5.74, 6) is -0.961. The summed E-state index contributed by atoms with van der Waals surface area (Å²) in [5.41, 5.74) is -0.161. The maximum atomic E-state index is 12.2. The number of benzene rings is 1. The highest BCUT2D eigenvalue weighted by atomic mass is 32.2. The fourth-order valence-corrected chi connectivity index (χ4v) is 3.91. The number of sulfonamides is 1. The Hall–Kier alpha value is -2.42. The van der Waals surface area contributed by atoms with Crippen LogP contribution in [0.15, 0.2) is 34.2 Å². The summed E-state index contributed by atoms with van der Waals surface area (Å²) in [6.45, 7) is 5.23. The highest BCUT2D eigenvalue weighted by Crippen LogP contribution is 2.22. The quantitative estimate of drug-likeness (QED) is 0.656. The van der Waals surface area contributed by atoms with E-state index >= 15 is 0 Å². The van der Waals surface area contributed by atoms with Crippen molar-refractivity contribution in [2.75, 3.05) is 0 Å². The van der Waals surface area contributed by atoms with E-state index in [2.05, 4.69) is 15.0 Å². The zero-order chi connectivity index (χ0) is 19.5. The SMILES string of the molecule is CC(CC(=O)NC(C)(C)CCC(=O)O)N=C1NS(=O)(=O)c2ccccc21. The molecule has 1 aliphatic heterocycles. The topological polar surface area (TPSA) is 125 Å². The third kappa shape index (κ3) is 5.04. The molecule has 0 aromatic heterocycles. The first kappa shape index (κ1) is 19.9. The summed E-state index contributed by atoms with van der Waals surface area (Å²) >= 11 is 0. The molecule has 26 heavy (non-hydrogen) atoms. The predicted octanol–water partition coefficient (Wildman–Crippen LogP) is 1.26. The van der Waals surface area contributed by atoms with Crippen molar-refractivity contribution < 1.29 is 23.1 Å². The lowest BCUT2D eigenvalue weighted by Gasteiger charge is -2.26. The van der Waals surface area contributed by atoms with Gasteiger partial charge in [0.05, 0.1) is 10.9 Å². The molecule has 0 saturated carbocycles. The molecular weight excluding hydrogens is 358 g/mol. The fourth-order valence-electron chi connectivity index (χ4n) is 2.67. The van der Waals surface area contributed by atoms with Crippen molar-refractivity contribution in [2.45, 2.75) is 56.5 Å². The summed E-state index contributed by atoms with van der Waals surface area (Å²) in [6.07, 6.45) is 0.331. The van der Waals surface area contributed by atoms with Gasteiger partial charge in [-0.2, -0.15) is 0 Å². The Morgan fingerprint density at radius 2 is 1.96 bits per heavy atom. The lowest BCUT2D eigenvalue weighted by molar-refractivity contribution is -0.137. The minimum atomic E-state index is -3.61. The summed E-state index contributed by atoms with van der Waals surface area (Å²) in [6, 6.07) is 6.07. The van der Waals surface area contributed by atoms with Crippen LogP contribution in [0.5, 0.6) is 0 Å². The van der Waals surface area contributed by atoms with Crippen LogP contribution < -0.4 is 10.0 Å². The van der Waals surface area contributed by atoms with E-state index in [9.17, 15) is 18.0 Å². The molecule has 0 fully saturated rings. The molecule has 1 unspecified atom stereocenters. The van der Waals surface area contributed by atoms with Crippen LogP contribution in [0.1, 0.15) is 45.6 Å². The first-order valence-electron chi connectivity index (χ1n) is 8.23. The second kappa shape index (κ2) is 7.45. The van der Waals surface area contributed by atoms with Crippen LogP contribution in [0.25, 0.3) is 0 Å². The number of carboxylic acids is 1. The minimum Gasteiger partial charge on any atom is -0.481 e. The highest BCUT2D eigenvalue weighted by molar-refractivity contribution is 7.90. The molecule has 142 valence electrons. The van der Waals surface area contributed by atoms with Gasteiger partial charge in [0.15, 0.2) is 0 Å². The first-order valence-corrected chi connectivity index (χ1v) is 9.71. The van der Waals surface area contributed by atoms with Gasteiger partial charge in [0.2, 0.25) is 5.91 Å². The second-order valence-electron chi connectivity index (χ2n) is 6.96. The monoisotopic (exact) mass is 381 g/mol. The number of amidine groups is 1. The van der Waals surface area contributed by atoms with E-state index in [0.29, 0.717) is 12.0 Å². The number of nitrogens with zero attached hydrogens (tertiary/aromatic N) is 1. The standard InChI is InChI=1S/C17H23N3O5S/c1-11(10-14(21)19-17(2,3)9-8-15(22)23)18-16-12-6-4-5-7-13(12)26(24,25)20-16/h4-7,11H,8-10H2,1-3H3,(H,18,20)(H,19,21)(H,22,23). The molecule has 1 aromatic rings. The molecule has 1 amide bonds. The van der Waals surface area contributed by atoms with Gasteiger partial charge >= 0.3 is 5.97 Å². The van der Waals surface area contributed by atoms with Crippen molar-refractivity contribution in [3.05, 3.63) is 29.8 Å². The number of aliphatic carboxylic acids is 1. The average molecular weight is 381 g/mol. The van der Waals surface area contributed by atoms with Crippen LogP contribution in [0, 0.1) is 0 Å². The third-order valence-corrected chi connectivity index (χ3v) is 5.33.